The van der Waals surface area contributed by atoms with E-state index in [-0.39, 0.29) is 18.0 Å². The van der Waals surface area contributed by atoms with Crippen LogP contribution in [0, 0.1) is 0 Å². The third-order valence-corrected chi connectivity index (χ3v) is 7.20. The van der Waals surface area contributed by atoms with Crippen molar-refractivity contribution >= 4 is 50.7 Å². The van der Waals surface area contributed by atoms with Crippen LogP contribution in [0.3, 0.4) is 0 Å². The Hall–Kier alpha value is -2.69. The lowest BCUT2D eigenvalue weighted by Gasteiger charge is -2.33. The number of carbonyl (C=O) groups excluding carboxylic acids is 2. The van der Waals surface area contributed by atoms with Crippen LogP contribution < -0.4 is 19.1 Å². The van der Waals surface area contributed by atoms with Crippen molar-refractivity contribution in [2.45, 2.75) is 45.8 Å². The number of amides is 2. The van der Waals surface area contributed by atoms with Crippen LogP contribution in [0.5, 0.6) is 11.5 Å². The van der Waals surface area contributed by atoms with E-state index in [4.69, 9.17) is 32.7 Å². The van der Waals surface area contributed by atoms with Crippen molar-refractivity contribution < 1.29 is 27.5 Å². The van der Waals surface area contributed by atoms with E-state index < -0.39 is 40.0 Å². The molecule has 0 aliphatic rings. The van der Waals surface area contributed by atoms with Gasteiger partial charge in [0.15, 0.2) is 0 Å². The highest BCUT2D eigenvalue weighted by molar-refractivity contribution is 7.92. The number of ether oxygens (including phenoxy) is 2. The molecule has 0 aliphatic carbocycles. The van der Waals surface area contributed by atoms with E-state index in [2.05, 4.69) is 5.32 Å². The zero-order chi connectivity index (χ0) is 28.1. The summed E-state index contributed by atoms with van der Waals surface area (Å²) in [5.41, 5.74) is 0.227. The SMILES string of the molecule is COc1ccc(N(CC(=O)N(Cc2ccc(Cl)c(Cl)c2)[C@@H](C)C(=O)NC(C)(C)C)S(C)(=O)=O)c(OC)c1. The van der Waals surface area contributed by atoms with Gasteiger partial charge in [-0.15, -0.1) is 0 Å². The first-order valence-corrected chi connectivity index (χ1v) is 13.9. The topological polar surface area (TPSA) is 105 Å². The van der Waals surface area contributed by atoms with E-state index in [1.807, 2.05) is 20.8 Å². The number of hydrogen-bond acceptors (Lipinski definition) is 6. The number of hydrogen-bond donors (Lipinski definition) is 1. The van der Waals surface area contributed by atoms with Gasteiger partial charge in [0.25, 0.3) is 0 Å². The molecule has 0 saturated carbocycles. The number of methoxy groups -OCH3 is 2. The van der Waals surface area contributed by atoms with Crippen molar-refractivity contribution in [2.75, 3.05) is 31.3 Å². The molecule has 0 heterocycles. The van der Waals surface area contributed by atoms with Crippen LogP contribution in [0.25, 0.3) is 0 Å². The average molecular weight is 575 g/mol. The van der Waals surface area contributed by atoms with Crippen LogP contribution in [-0.4, -0.2) is 63.7 Å². The van der Waals surface area contributed by atoms with Gasteiger partial charge in [-0.25, -0.2) is 8.42 Å². The zero-order valence-electron chi connectivity index (χ0n) is 22.0. The van der Waals surface area contributed by atoms with Gasteiger partial charge in [0, 0.05) is 18.2 Å². The maximum atomic E-state index is 13.7. The standard InChI is InChI=1S/C25H33Cl2N3O6S/c1-16(24(32)28-25(2,3)4)29(14-17-8-10-19(26)20(27)12-17)23(31)15-30(37(7,33)34)21-11-9-18(35-5)13-22(21)36-6/h8-13,16H,14-15H2,1-7H3,(H,28,32)/t16-/m0/s1. The maximum Gasteiger partial charge on any atom is 0.244 e. The minimum atomic E-state index is -3.93. The van der Waals surface area contributed by atoms with Crippen molar-refractivity contribution in [3.8, 4) is 11.5 Å². The molecular formula is C25H33Cl2N3O6S. The summed E-state index contributed by atoms with van der Waals surface area (Å²) in [6, 6.07) is 8.51. The summed E-state index contributed by atoms with van der Waals surface area (Å²) < 4.78 is 37.1. The summed E-state index contributed by atoms with van der Waals surface area (Å²) in [6.45, 7) is 6.47. The summed E-state index contributed by atoms with van der Waals surface area (Å²) in [7, 11) is -1.08. The second-order valence-corrected chi connectivity index (χ2v) is 12.2. The molecule has 37 heavy (non-hydrogen) atoms. The van der Waals surface area contributed by atoms with Gasteiger partial charge in [0.1, 0.15) is 24.1 Å². The molecule has 2 aromatic rings. The van der Waals surface area contributed by atoms with Crippen LogP contribution in [-0.2, 0) is 26.2 Å². The monoisotopic (exact) mass is 573 g/mol. The molecule has 2 amide bonds. The number of benzene rings is 2. The summed E-state index contributed by atoms with van der Waals surface area (Å²) in [5.74, 6) is -0.346. The predicted molar refractivity (Wildman–Crippen MR) is 146 cm³/mol. The molecule has 204 valence electrons. The second kappa shape index (κ2) is 12.2. The molecule has 12 heteroatoms. The smallest absolute Gasteiger partial charge is 0.244 e. The van der Waals surface area contributed by atoms with Crippen LogP contribution >= 0.6 is 23.2 Å². The number of nitrogens with zero attached hydrogens (tertiary/aromatic N) is 2. The number of rotatable bonds is 10. The van der Waals surface area contributed by atoms with Gasteiger partial charge in [0.05, 0.1) is 36.2 Å². The van der Waals surface area contributed by atoms with E-state index in [1.165, 1.54) is 31.3 Å². The molecule has 2 rings (SSSR count). The summed E-state index contributed by atoms with van der Waals surface area (Å²) in [4.78, 5) is 28.0. The summed E-state index contributed by atoms with van der Waals surface area (Å²) in [5, 5.41) is 3.50. The Bertz CT molecular complexity index is 1250. The largest absolute Gasteiger partial charge is 0.497 e. The Balaban J connectivity index is 2.50. The van der Waals surface area contributed by atoms with Crippen LogP contribution in [0.15, 0.2) is 36.4 Å². The average Bonchev–Trinajstić information content (AvgIpc) is 2.80. The fraction of sp³-hybridized carbons (Fsp3) is 0.440. The minimum Gasteiger partial charge on any atom is -0.497 e. The highest BCUT2D eigenvalue weighted by atomic mass is 35.5. The van der Waals surface area contributed by atoms with Gasteiger partial charge < -0.3 is 19.7 Å². The lowest BCUT2D eigenvalue weighted by Crippen LogP contribution is -2.54. The third-order valence-electron chi connectivity index (χ3n) is 5.34. The Labute approximate surface area is 228 Å². The van der Waals surface area contributed by atoms with Gasteiger partial charge in [-0.3, -0.25) is 13.9 Å². The lowest BCUT2D eigenvalue weighted by atomic mass is 10.1. The third kappa shape index (κ3) is 8.41. The first kappa shape index (κ1) is 30.5. The highest BCUT2D eigenvalue weighted by Gasteiger charge is 2.32. The molecule has 1 atom stereocenters. The van der Waals surface area contributed by atoms with E-state index in [0.29, 0.717) is 21.4 Å². The van der Waals surface area contributed by atoms with Crippen LogP contribution in [0.2, 0.25) is 10.0 Å². The van der Waals surface area contributed by atoms with E-state index in [0.717, 1.165) is 10.6 Å². The maximum absolute atomic E-state index is 13.7. The van der Waals surface area contributed by atoms with E-state index >= 15 is 0 Å². The Morgan fingerprint density at radius 1 is 1.03 bits per heavy atom. The molecule has 0 bridgehead atoms. The van der Waals surface area contributed by atoms with Gasteiger partial charge in [-0.1, -0.05) is 29.3 Å². The Kier molecular flexibility index (Phi) is 10.1. The molecule has 0 aromatic heterocycles. The Morgan fingerprint density at radius 2 is 1.68 bits per heavy atom. The first-order chi connectivity index (χ1) is 17.1. The molecule has 2 aromatic carbocycles. The second-order valence-electron chi connectivity index (χ2n) is 9.49. The Morgan fingerprint density at radius 3 is 2.19 bits per heavy atom. The zero-order valence-corrected chi connectivity index (χ0v) is 24.3. The fourth-order valence-corrected chi connectivity index (χ4v) is 4.65. The first-order valence-electron chi connectivity index (χ1n) is 11.3. The van der Waals surface area contributed by atoms with Crippen molar-refractivity contribution in [2.24, 2.45) is 0 Å². The van der Waals surface area contributed by atoms with Crippen LogP contribution in [0.1, 0.15) is 33.3 Å². The molecule has 0 fully saturated rings. The lowest BCUT2D eigenvalue weighted by molar-refractivity contribution is -0.140. The number of carbonyl (C=O) groups is 2. The predicted octanol–water partition coefficient (Wildman–Crippen LogP) is 4.11. The summed E-state index contributed by atoms with van der Waals surface area (Å²) >= 11 is 12.2. The number of nitrogens with one attached hydrogen (secondary N) is 1. The summed E-state index contributed by atoms with van der Waals surface area (Å²) in [6.07, 6.45) is 0.989. The van der Waals surface area contributed by atoms with Gasteiger partial charge in [0.2, 0.25) is 21.8 Å². The minimum absolute atomic E-state index is 0.00813. The van der Waals surface area contributed by atoms with E-state index in [1.54, 1.807) is 31.2 Å². The van der Waals surface area contributed by atoms with Crippen LogP contribution in [0.4, 0.5) is 5.69 Å². The fourth-order valence-electron chi connectivity index (χ4n) is 3.48. The quantitative estimate of drug-likeness (QED) is 0.458. The molecule has 0 radical (unpaired) electrons. The number of anilines is 1. The van der Waals surface area contributed by atoms with Crippen molar-refractivity contribution in [3.05, 3.63) is 52.0 Å². The van der Waals surface area contributed by atoms with Crippen molar-refractivity contribution in [3.63, 3.8) is 0 Å². The van der Waals surface area contributed by atoms with Gasteiger partial charge in [-0.05, 0) is 57.5 Å². The van der Waals surface area contributed by atoms with Gasteiger partial charge in [-0.2, -0.15) is 0 Å². The molecule has 9 nitrogen and oxygen atoms in total. The highest BCUT2D eigenvalue weighted by Crippen LogP contribution is 2.34. The molecule has 0 aliphatic heterocycles. The normalized spacial score (nSPS) is 12.5. The molecule has 0 saturated heterocycles. The number of halogens is 2. The number of sulfonamides is 1. The molecular weight excluding hydrogens is 541 g/mol. The van der Waals surface area contributed by atoms with Crippen molar-refractivity contribution in [1.82, 2.24) is 10.2 Å². The molecule has 1 N–H and O–H groups in total. The van der Waals surface area contributed by atoms with E-state index in [9.17, 15) is 18.0 Å². The van der Waals surface area contributed by atoms with Crippen molar-refractivity contribution in [1.29, 1.82) is 0 Å². The molecule has 0 spiro atoms. The van der Waals surface area contributed by atoms with Gasteiger partial charge >= 0.3 is 0 Å². The molecule has 0 unspecified atom stereocenters.